The van der Waals surface area contributed by atoms with E-state index in [1.165, 1.54) is 18.2 Å². The SMILES string of the molecule is CC(C)(C)OC(=O)NCCNCc1cc([N+](=O)[O-])ccc1Cl. The van der Waals surface area contributed by atoms with Crippen LogP contribution in [-0.2, 0) is 11.3 Å². The van der Waals surface area contributed by atoms with Gasteiger partial charge in [0.2, 0.25) is 0 Å². The molecule has 0 atom stereocenters. The number of nitrogens with zero attached hydrogens (tertiary/aromatic N) is 1. The van der Waals surface area contributed by atoms with E-state index < -0.39 is 16.6 Å². The molecule has 0 spiro atoms. The topological polar surface area (TPSA) is 93.5 Å². The quantitative estimate of drug-likeness (QED) is 0.475. The predicted octanol–water partition coefficient (Wildman–Crippen LogP) is 2.86. The van der Waals surface area contributed by atoms with Gasteiger partial charge in [0, 0.05) is 36.8 Å². The van der Waals surface area contributed by atoms with Gasteiger partial charge < -0.3 is 15.4 Å². The van der Waals surface area contributed by atoms with Gasteiger partial charge in [0.1, 0.15) is 5.60 Å². The number of alkyl carbamates (subject to hydrolysis) is 1. The normalized spacial score (nSPS) is 11.1. The first-order valence-electron chi connectivity index (χ1n) is 6.79. The summed E-state index contributed by atoms with van der Waals surface area (Å²) in [5, 5.41) is 16.8. The minimum Gasteiger partial charge on any atom is -0.444 e. The van der Waals surface area contributed by atoms with Crippen molar-refractivity contribution in [2.75, 3.05) is 13.1 Å². The lowest BCUT2D eigenvalue weighted by Gasteiger charge is -2.19. The Labute approximate surface area is 134 Å². The molecule has 122 valence electrons. The summed E-state index contributed by atoms with van der Waals surface area (Å²) in [4.78, 5) is 21.7. The monoisotopic (exact) mass is 329 g/mol. The Morgan fingerprint density at radius 2 is 2.05 bits per heavy atom. The molecule has 0 aliphatic heterocycles. The number of non-ortho nitro benzene ring substituents is 1. The number of halogens is 1. The van der Waals surface area contributed by atoms with Crippen molar-refractivity contribution in [1.29, 1.82) is 0 Å². The van der Waals surface area contributed by atoms with E-state index in [9.17, 15) is 14.9 Å². The highest BCUT2D eigenvalue weighted by Crippen LogP contribution is 2.21. The van der Waals surface area contributed by atoms with Gasteiger partial charge in [-0.3, -0.25) is 10.1 Å². The van der Waals surface area contributed by atoms with Crippen LogP contribution in [0.15, 0.2) is 18.2 Å². The van der Waals surface area contributed by atoms with Crippen LogP contribution in [0.4, 0.5) is 10.5 Å². The van der Waals surface area contributed by atoms with Crippen LogP contribution in [0.2, 0.25) is 5.02 Å². The van der Waals surface area contributed by atoms with Gasteiger partial charge in [-0.1, -0.05) is 11.6 Å². The molecule has 0 aromatic heterocycles. The van der Waals surface area contributed by atoms with Crippen LogP contribution in [0.3, 0.4) is 0 Å². The molecule has 0 saturated carbocycles. The maximum atomic E-state index is 11.4. The molecule has 1 aromatic carbocycles. The Balaban J connectivity index is 2.35. The van der Waals surface area contributed by atoms with Crippen LogP contribution in [0.5, 0.6) is 0 Å². The fourth-order valence-electron chi connectivity index (χ4n) is 1.60. The number of carbonyl (C=O) groups excluding carboxylic acids is 1. The molecule has 2 N–H and O–H groups in total. The van der Waals surface area contributed by atoms with Gasteiger partial charge in [0.05, 0.1) is 4.92 Å². The van der Waals surface area contributed by atoms with E-state index in [-0.39, 0.29) is 5.69 Å². The maximum Gasteiger partial charge on any atom is 0.407 e. The Kier molecular flexibility index (Phi) is 6.58. The molecule has 0 aliphatic rings. The summed E-state index contributed by atoms with van der Waals surface area (Å²) in [6.45, 7) is 6.59. The van der Waals surface area contributed by atoms with Crippen LogP contribution < -0.4 is 10.6 Å². The lowest BCUT2D eigenvalue weighted by Crippen LogP contribution is -2.36. The van der Waals surface area contributed by atoms with Crippen molar-refractivity contribution in [3.63, 3.8) is 0 Å². The molecule has 0 bridgehead atoms. The number of benzene rings is 1. The molecule has 0 fully saturated rings. The van der Waals surface area contributed by atoms with E-state index in [1.807, 2.05) is 0 Å². The highest BCUT2D eigenvalue weighted by atomic mass is 35.5. The van der Waals surface area contributed by atoms with Gasteiger partial charge in [-0.15, -0.1) is 0 Å². The third-order valence-corrected chi connectivity index (χ3v) is 2.89. The second kappa shape index (κ2) is 7.95. The van der Waals surface area contributed by atoms with E-state index in [4.69, 9.17) is 16.3 Å². The lowest BCUT2D eigenvalue weighted by atomic mass is 10.2. The van der Waals surface area contributed by atoms with Gasteiger partial charge in [0.25, 0.3) is 5.69 Å². The Morgan fingerprint density at radius 3 is 2.64 bits per heavy atom. The molecule has 8 heteroatoms. The number of amides is 1. The number of nitro benzene ring substituents is 1. The Morgan fingerprint density at radius 1 is 1.36 bits per heavy atom. The molecule has 0 radical (unpaired) electrons. The average molecular weight is 330 g/mol. The second-order valence-corrected chi connectivity index (χ2v) is 6.05. The van der Waals surface area contributed by atoms with Crippen molar-refractivity contribution in [2.24, 2.45) is 0 Å². The smallest absolute Gasteiger partial charge is 0.407 e. The minimum atomic E-state index is -0.534. The molecule has 1 rings (SSSR count). The van der Waals surface area contributed by atoms with Crippen LogP contribution in [0.25, 0.3) is 0 Å². The fourth-order valence-corrected chi connectivity index (χ4v) is 1.78. The summed E-state index contributed by atoms with van der Waals surface area (Å²) in [7, 11) is 0. The summed E-state index contributed by atoms with van der Waals surface area (Å²) < 4.78 is 5.09. The van der Waals surface area contributed by atoms with Crippen molar-refractivity contribution >= 4 is 23.4 Å². The van der Waals surface area contributed by atoms with E-state index in [2.05, 4.69) is 10.6 Å². The number of nitrogens with one attached hydrogen (secondary N) is 2. The summed E-state index contributed by atoms with van der Waals surface area (Å²) >= 11 is 5.98. The molecule has 0 aliphatic carbocycles. The number of hydrogen-bond donors (Lipinski definition) is 2. The average Bonchev–Trinajstić information content (AvgIpc) is 2.37. The summed E-state index contributed by atoms with van der Waals surface area (Å²) in [5.41, 5.74) is 0.0924. The zero-order chi connectivity index (χ0) is 16.8. The second-order valence-electron chi connectivity index (χ2n) is 5.64. The van der Waals surface area contributed by atoms with E-state index >= 15 is 0 Å². The molecule has 0 saturated heterocycles. The summed E-state index contributed by atoms with van der Waals surface area (Å²) in [6, 6.07) is 4.28. The highest BCUT2D eigenvalue weighted by molar-refractivity contribution is 6.31. The van der Waals surface area contributed by atoms with Gasteiger partial charge >= 0.3 is 6.09 Å². The zero-order valence-electron chi connectivity index (χ0n) is 12.8. The van der Waals surface area contributed by atoms with Gasteiger partial charge in [-0.2, -0.15) is 0 Å². The number of carbonyl (C=O) groups is 1. The Hall–Kier alpha value is -1.86. The fraction of sp³-hybridized carbons (Fsp3) is 0.500. The standard InChI is InChI=1S/C14H20ClN3O4/c1-14(2,3)22-13(19)17-7-6-16-9-10-8-11(18(20)21)4-5-12(10)15/h4-5,8,16H,6-7,9H2,1-3H3,(H,17,19). The van der Waals surface area contributed by atoms with E-state index in [0.717, 1.165) is 0 Å². The van der Waals surface area contributed by atoms with E-state index in [1.54, 1.807) is 20.8 Å². The van der Waals surface area contributed by atoms with Crippen molar-refractivity contribution in [1.82, 2.24) is 10.6 Å². The molecular formula is C14H20ClN3O4. The summed E-state index contributed by atoms with van der Waals surface area (Å²) in [6.07, 6.45) is -0.484. The number of nitro groups is 1. The molecule has 0 heterocycles. The van der Waals surface area contributed by atoms with Gasteiger partial charge in [-0.25, -0.2) is 4.79 Å². The largest absolute Gasteiger partial charge is 0.444 e. The zero-order valence-corrected chi connectivity index (χ0v) is 13.6. The van der Waals surface area contributed by atoms with Gasteiger partial charge in [-0.05, 0) is 32.4 Å². The lowest BCUT2D eigenvalue weighted by molar-refractivity contribution is -0.384. The van der Waals surface area contributed by atoms with Crippen molar-refractivity contribution in [2.45, 2.75) is 32.9 Å². The molecule has 7 nitrogen and oxygen atoms in total. The molecule has 1 aromatic rings. The third-order valence-electron chi connectivity index (χ3n) is 2.53. The molecule has 0 unspecified atom stereocenters. The molecule has 1 amide bonds. The molecular weight excluding hydrogens is 310 g/mol. The van der Waals surface area contributed by atoms with Crippen molar-refractivity contribution in [3.8, 4) is 0 Å². The molecule has 22 heavy (non-hydrogen) atoms. The number of rotatable bonds is 6. The van der Waals surface area contributed by atoms with Crippen LogP contribution in [0.1, 0.15) is 26.3 Å². The van der Waals surface area contributed by atoms with Crippen LogP contribution in [0, 0.1) is 10.1 Å². The van der Waals surface area contributed by atoms with Crippen molar-refractivity contribution < 1.29 is 14.5 Å². The minimum absolute atomic E-state index is 0.00641. The summed E-state index contributed by atoms with van der Waals surface area (Å²) in [5.74, 6) is 0. The maximum absolute atomic E-state index is 11.4. The first-order chi connectivity index (χ1) is 10.2. The number of hydrogen-bond acceptors (Lipinski definition) is 5. The van der Waals surface area contributed by atoms with Crippen LogP contribution in [-0.4, -0.2) is 29.7 Å². The highest BCUT2D eigenvalue weighted by Gasteiger charge is 2.15. The first kappa shape index (κ1) is 18.2. The first-order valence-corrected chi connectivity index (χ1v) is 7.17. The van der Waals surface area contributed by atoms with E-state index in [0.29, 0.717) is 30.2 Å². The van der Waals surface area contributed by atoms with Crippen LogP contribution >= 0.6 is 11.6 Å². The third kappa shape index (κ3) is 6.73. The number of ether oxygens (including phenoxy) is 1. The van der Waals surface area contributed by atoms with Crippen molar-refractivity contribution in [3.05, 3.63) is 38.9 Å². The Bertz CT molecular complexity index is 543. The predicted molar refractivity (Wildman–Crippen MR) is 84.0 cm³/mol. The van der Waals surface area contributed by atoms with Gasteiger partial charge in [0.15, 0.2) is 0 Å².